The standard InChI is InChI=1S/C23H31N5O3S/c1-16(2)28-18(8-9-24-28)22(29)27(11-5-10-26-12-14-31-15-13-26)23-25-20-19(30-4)7-6-17(3)21(20)32-23/h6-9,16H,5,10-15H2,1-4H3. The number of anilines is 1. The Labute approximate surface area is 192 Å². The molecule has 1 aliphatic heterocycles. The highest BCUT2D eigenvalue weighted by Crippen LogP contribution is 2.37. The molecule has 0 saturated carbocycles. The second kappa shape index (κ2) is 9.97. The van der Waals surface area contributed by atoms with Crippen LogP contribution in [0, 0.1) is 6.92 Å². The number of benzene rings is 1. The van der Waals surface area contributed by atoms with Gasteiger partial charge in [-0.3, -0.25) is 19.3 Å². The van der Waals surface area contributed by atoms with Gasteiger partial charge in [0.2, 0.25) is 0 Å². The number of amides is 1. The van der Waals surface area contributed by atoms with Crippen molar-refractivity contribution < 1.29 is 14.3 Å². The first-order chi connectivity index (χ1) is 15.5. The Hall–Kier alpha value is -2.49. The van der Waals surface area contributed by atoms with Crippen molar-refractivity contribution in [1.82, 2.24) is 19.7 Å². The highest BCUT2D eigenvalue weighted by molar-refractivity contribution is 7.22. The molecule has 0 aliphatic carbocycles. The Morgan fingerprint density at radius 2 is 2.06 bits per heavy atom. The van der Waals surface area contributed by atoms with Gasteiger partial charge in [-0.2, -0.15) is 5.10 Å². The summed E-state index contributed by atoms with van der Waals surface area (Å²) in [7, 11) is 1.65. The predicted molar refractivity (Wildman–Crippen MR) is 127 cm³/mol. The van der Waals surface area contributed by atoms with Gasteiger partial charge in [-0.05, 0) is 44.9 Å². The molecule has 0 atom stereocenters. The maximum Gasteiger partial charge on any atom is 0.278 e. The Morgan fingerprint density at radius 1 is 1.28 bits per heavy atom. The SMILES string of the molecule is COc1ccc(C)c2sc(N(CCCN3CCOCC3)C(=O)c3ccnn3C(C)C)nc12. The summed E-state index contributed by atoms with van der Waals surface area (Å²) in [5.74, 6) is 0.648. The summed E-state index contributed by atoms with van der Waals surface area (Å²) in [5, 5.41) is 5.05. The quantitative estimate of drug-likeness (QED) is 0.513. The number of fused-ring (bicyclic) bond motifs is 1. The van der Waals surface area contributed by atoms with Crippen LogP contribution in [-0.4, -0.2) is 72.1 Å². The van der Waals surface area contributed by atoms with Crippen LogP contribution in [0.4, 0.5) is 5.13 Å². The number of morpholine rings is 1. The Bertz CT molecular complexity index is 1070. The van der Waals surface area contributed by atoms with Gasteiger partial charge in [0.25, 0.3) is 5.91 Å². The van der Waals surface area contributed by atoms with E-state index in [0.29, 0.717) is 17.4 Å². The third kappa shape index (κ3) is 4.65. The van der Waals surface area contributed by atoms with E-state index in [4.69, 9.17) is 14.5 Å². The molecule has 172 valence electrons. The van der Waals surface area contributed by atoms with Crippen molar-refractivity contribution in [2.24, 2.45) is 0 Å². The molecule has 0 N–H and O–H groups in total. The fourth-order valence-corrected chi connectivity index (χ4v) is 5.05. The molecule has 1 saturated heterocycles. The number of ether oxygens (including phenoxy) is 2. The fourth-order valence-electron chi connectivity index (χ4n) is 3.97. The molecule has 32 heavy (non-hydrogen) atoms. The lowest BCUT2D eigenvalue weighted by molar-refractivity contribution is 0.0376. The van der Waals surface area contributed by atoms with Crippen molar-refractivity contribution in [3.63, 3.8) is 0 Å². The van der Waals surface area contributed by atoms with Crippen LogP contribution >= 0.6 is 11.3 Å². The number of carbonyl (C=O) groups is 1. The molecule has 4 rings (SSSR count). The fraction of sp³-hybridized carbons (Fsp3) is 0.522. The maximum atomic E-state index is 13.7. The van der Waals surface area contributed by atoms with E-state index in [-0.39, 0.29) is 11.9 Å². The highest BCUT2D eigenvalue weighted by Gasteiger charge is 2.26. The minimum absolute atomic E-state index is 0.0751. The number of aromatic nitrogens is 3. The van der Waals surface area contributed by atoms with Crippen LogP contribution < -0.4 is 9.64 Å². The lowest BCUT2D eigenvalue weighted by Gasteiger charge is -2.28. The third-order valence-electron chi connectivity index (χ3n) is 5.73. The van der Waals surface area contributed by atoms with E-state index in [9.17, 15) is 4.79 Å². The van der Waals surface area contributed by atoms with Crippen LogP contribution in [-0.2, 0) is 4.74 Å². The smallest absolute Gasteiger partial charge is 0.278 e. The summed E-state index contributed by atoms with van der Waals surface area (Å²) < 4.78 is 13.8. The average molecular weight is 458 g/mol. The van der Waals surface area contributed by atoms with Crippen LogP contribution in [0.2, 0.25) is 0 Å². The van der Waals surface area contributed by atoms with E-state index in [1.165, 1.54) is 11.3 Å². The first-order valence-corrected chi connectivity index (χ1v) is 11.9. The van der Waals surface area contributed by atoms with Crippen molar-refractivity contribution in [2.45, 2.75) is 33.2 Å². The number of carbonyl (C=O) groups excluding carboxylic acids is 1. The first kappa shape index (κ1) is 22.7. The molecule has 9 heteroatoms. The zero-order valence-corrected chi connectivity index (χ0v) is 20.0. The number of methoxy groups -OCH3 is 1. The molecule has 0 unspecified atom stereocenters. The molecule has 1 aromatic carbocycles. The van der Waals surface area contributed by atoms with E-state index >= 15 is 0 Å². The van der Waals surface area contributed by atoms with E-state index < -0.39 is 0 Å². The molecule has 3 aromatic rings. The number of nitrogens with zero attached hydrogens (tertiary/aromatic N) is 5. The first-order valence-electron chi connectivity index (χ1n) is 11.1. The number of thiazole rings is 1. The van der Waals surface area contributed by atoms with Gasteiger partial charge in [0.1, 0.15) is 17.0 Å². The zero-order chi connectivity index (χ0) is 22.7. The van der Waals surface area contributed by atoms with Gasteiger partial charge >= 0.3 is 0 Å². The van der Waals surface area contributed by atoms with E-state index in [1.807, 2.05) is 26.0 Å². The van der Waals surface area contributed by atoms with Gasteiger partial charge in [-0.1, -0.05) is 17.4 Å². The topological polar surface area (TPSA) is 72.7 Å². The molecule has 2 aromatic heterocycles. The maximum absolute atomic E-state index is 13.7. The summed E-state index contributed by atoms with van der Waals surface area (Å²) >= 11 is 1.54. The van der Waals surface area contributed by atoms with E-state index in [2.05, 4.69) is 16.9 Å². The van der Waals surface area contributed by atoms with Gasteiger partial charge in [-0.25, -0.2) is 4.98 Å². The van der Waals surface area contributed by atoms with Gasteiger partial charge in [0.15, 0.2) is 5.13 Å². The van der Waals surface area contributed by atoms with Crippen molar-refractivity contribution in [1.29, 1.82) is 0 Å². The Morgan fingerprint density at radius 3 is 2.78 bits per heavy atom. The summed E-state index contributed by atoms with van der Waals surface area (Å²) in [4.78, 5) is 22.7. The molecule has 0 radical (unpaired) electrons. The minimum Gasteiger partial charge on any atom is -0.494 e. The zero-order valence-electron chi connectivity index (χ0n) is 19.2. The van der Waals surface area contributed by atoms with Gasteiger partial charge in [0.05, 0.1) is 25.0 Å². The highest BCUT2D eigenvalue weighted by atomic mass is 32.1. The second-order valence-corrected chi connectivity index (χ2v) is 9.26. The van der Waals surface area contributed by atoms with E-state index in [1.54, 1.807) is 29.0 Å². The molecule has 1 amide bonds. The third-order valence-corrected chi connectivity index (χ3v) is 6.94. The van der Waals surface area contributed by atoms with Crippen molar-refractivity contribution in [3.8, 4) is 5.75 Å². The van der Waals surface area contributed by atoms with Crippen LogP contribution in [0.15, 0.2) is 24.4 Å². The molecular formula is C23H31N5O3S. The largest absolute Gasteiger partial charge is 0.494 e. The summed E-state index contributed by atoms with van der Waals surface area (Å²) in [5.41, 5.74) is 2.50. The van der Waals surface area contributed by atoms with Crippen molar-refractivity contribution >= 4 is 32.6 Å². The Balaban J connectivity index is 1.65. The predicted octanol–water partition coefficient (Wildman–Crippen LogP) is 3.76. The van der Waals surface area contributed by atoms with Crippen LogP contribution in [0.5, 0.6) is 5.75 Å². The molecule has 3 heterocycles. The minimum atomic E-state index is -0.0751. The number of hydrogen-bond acceptors (Lipinski definition) is 7. The van der Waals surface area contributed by atoms with Gasteiger partial charge in [-0.15, -0.1) is 0 Å². The molecule has 1 fully saturated rings. The van der Waals surface area contributed by atoms with Crippen LogP contribution in [0.3, 0.4) is 0 Å². The Kier molecular flexibility index (Phi) is 7.07. The van der Waals surface area contributed by atoms with E-state index in [0.717, 1.165) is 60.8 Å². The lowest BCUT2D eigenvalue weighted by atomic mass is 10.2. The van der Waals surface area contributed by atoms with Crippen LogP contribution in [0.25, 0.3) is 10.2 Å². The number of aryl methyl sites for hydroxylation is 1. The average Bonchev–Trinajstić information content (AvgIpc) is 3.46. The molecule has 0 bridgehead atoms. The van der Waals surface area contributed by atoms with Gasteiger partial charge in [0, 0.05) is 38.4 Å². The van der Waals surface area contributed by atoms with Gasteiger partial charge < -0.3 is 9.47 Å². The molecule has 0 spiro atoms. The molecular weight excluding hydrogens is 426 g/mol. The lowest BCUT2D eigenvalue weighted by Crippen LogP contribution is -2.39. The summed E-state index contributed by atoms with van der Waals surface area (Å²) in [6, 6.07) is 5.84. The number of hydrogen-bond donors (Lipinski definition) is 0. The second-order valence-electron chi connectivity index (χ2n) is 8.28. The summed E-state index contributed by atoms with van der Waals surface area (Å²) in [6.45, 7) is 11.0. The van der Waals surface area contributed by atoms with Crippen molar-refractivity contribution in [3.05, 3.63) is 35.7 Å². The summed E-state index contributed by atoms with van der Waals surface area (Å²) in [6.07, 6.45) is 2.54. The number of rotatable bonds is 8. The monoisotopic (exact) mass is 457 g/mol. The van der Waals surface area contributed by atoms with Crippen LogP contribution in [0.1, 0.15) is 42.4 Å². The molecule has 8 nitrogen and oxygen atoms in total. The molecule has 1 aliphatic rings. The van der Waals surface area contributed by atoms with Crippen molar-refractivity contribution in [2.75, 3.05) is 51.4 Å². The normalized spacial score (nSPS) is 14.9.